The number of imidazole rings is 1. The first kappa shape index (κ1) is 14.3. The SMILES string of the molecule is CCC(=O)Nc1cc(-c2cn3ccc(C)cc3n2)ccc1C. The Balaban J connectivity index is 2.02. The monoisotopic (exact) mass is 293 g/mol. The molecule has 3 aromatic rings. The highest BCUT2D eigenvalue weighted by Gasteiger charge is 2.08. The molecule has 1 amide bonds. The first-order valence-corrected chi connectivity index (χ1v) is 7.43. The molecule has 112 valence electrons. The number of amides is 1. The summed E-state index contributed by atoms with van der Waals surface area (Å²) >= 11 is 0. The fraction of sp³-hybridized carbons (Fsp3) is 0.222. The highest BCUT2D eigenvalue weighted by molar-refractivity contribution is 5.92. The van der Waals surface area contributed by atoms with Crippen LogP contribution >= 0.6 is 0 Å². The molecule has 0 unspecified atom stereocenters. The average molecular weight is 293 g/mol. The maximum Gasteiger partial charge on any atom is 0.224 e. The number of hydrogen-bond acceptors (Lipinski definition) is 2. The number of fused-ring (bicyclic) bond motifs is 1. The van der Waals surface area contributed by atoms with Crippen molar-refractivity contribution in [3.8, 4) is 11.3 Å². The molecular weight excluding hydrogens is 274 g/mol. The Morgan fingerprint density at radius 2 is 2.05 bits per heavy atom. The molecule has 0 atom stereocenters. The van der Waals surface area contributed by atoms with Gasteiger partial charge in [0.05, 0.1) is 5.69 Å². The minimum atomic E-state index is 0.0193. The van der Waals surface area contributed by atoms with Gasteiger partial charge in [-0.25, -0.2) is 4.98 Å². The number of carbonyl (C=O) groups is 1. The summed E-state index contributed by atoms with van der Waals surface area (Å²) in [4.78, 5) is 16.3. The lowest BCUT2D eigenvalue weighted by molar-refractivity contribution is -0.115. The second kappa shape index (κ2) is 5.64. The first-order valence-electron chi connectivity index (χ1n) is 7.43. The molecule has 0 aliphatic carbocycles. The molecule has 0 aliphatic heterocycles. The van der Waals surface area contributed by atoms with E-state index in [9.17, 15) is 4.79 Å². The normalized spacial score (nSPS) is 10.9. The van der Waals surface area contributed by atoms with E-state index in [-0.39, 0.29) is 5.91 Å². The van der Waals surface area contributed by atoms with Gasteiger partial charge in [-0.05, 0) is 43.2 Å². The second-order valence-corrected chi connectivity index (χ2v) is 5.53. The Kier molecular flexibility index (Phi) is 3.67. The van der Waals surface area contributed by atoms with Crippen molar-refractivity contribution in [3.05, 3.63) is 53.9 Å². The quantitative estimate of drug-likeness (QED) is 0.794. The minimum Gasteiger partial charge on any atom is -0.326 e. The molecule has 0 radical (unpaired) electrons. The average Bonchev–Trinajstić information content (AvgIpc) is 2.92. The van der Waals surface area contributed by atoms with Gasteiger partial charge in [-0.3, -0.25) is 4.79 Å². The molecule has 0 saturated carbocycles. The summed E-state index contributed by atoms with van der Waals surface area (Å²) in [7, 11) is 0. The van der Waals surface area contributed by atoms with Crippen LogP contribution in [0.2, 0.25) is 0 Å². The summed E-state index contributed by atoms with van der Waals surface area (Å²) in [6.45, 7) is 5.89. The predicted octanol–water partition coefficient (Wildman–Crippen LogP) is 3.97. The highest BCUT2D eigenvalue weighted by Crippen LogP contribution is 2.25. The van der Waals surface area contributed by atoms with Crippen LogP contribution in [0.1, 0.15) is 24.5 Å². The minimum absolute atomic E-state index is 0.0193. The summed E-state index contributed by atoms with van der Waals surface area (Å²) in [5.41, 5.74) is 5.90. The molecule has 2 heterocycles. The molecule has 1 aromatic carbocycles. The molecule has 2 aromatic heterocycles. The van der Waals surface area contributed by atoms with Gasteiger partial charge in [0.1, 0.15) is 5.65 Å². The van der Waals surface area contributed by atoms with E-state index in [2.05, 4.69) is 29.4 Å². The number of carbonyl (C=O) groups excluding carboxylic acids is 1. The molecule has 1 N–H and O–H groups in total. The Hall–Kier alpha value is -2.62. The maximum atomic E-state index is 11.6. The lowest BCUT2D eigenvalue weighted by Crippen LogP contribution is -2.10. The van der Waals surface area contributed by atoms with E-state index in [4.69, 9.17) is 0 Å². The summed E-state index contributed by atoms with van der Waals surface area (Å²) < 4.78 is 2.01. The fourth-order valence-electron chi connectivity index (χ4n) is 2.38. The standard InChI is InChI=1S/C18H19N3O/c1-4-18(22)20-15-10-14(6-5-13(15)3)16-11-21-8-7-12(2)9-17(21)19-16/h5-11H,4H2,1-3H3,(H,20,22). The zero-order valence-electron chi connectivity index (χ0n) is 13.1. The Morgan fingerprint density at radius 3 is 2.82 bits per heavy atom. The highest BCUT2D eigenvalue weighted by atomic mass is 16.1. The van der Waals surface area contributed by atoms with Crippen molar-refractivity contribution in [3.63, 3.8) is 0 Å². The van der Waals surface area contributed by atoms with Gasteiger partial charge in [-0.1, -0.05) is 19.1 Å². The van der Waals surface area contributed by atoms with E-state index >= 15 is 0 Å². The maximum absolute atomic E-state index is 11.6. The van der Waals surface area contributed by atoms with Crippen LogP contribution in [0.4, 0.5) is 5.69 Å². The van der Waals surface area contributed by atoms with Crippen LogP contribution in [0.5, 0.6) is 0 Å². The molecule has 0 saturated heterocycles. The van der Waals surface area contributed by atoms with Gasteiger partial charge in [0.25, 0.3) is 0 Å². The Morgan fingerprint density at radius 1 is 1.23 bits per heavy atom. The number of aromatic nitrogens is 2. The third-order valence-electron chi connectivity index (χ3n) is 3.74. The number of anilines is 1. The van der Waals surface area contributed by atoms with Crippen LogP contribution in [-0.4, -0.2) is 15.3 Å². The molecule has 3 rings (SSSR count). The van der Waals surface area contributed by atoms with Crippen molar-refractivity contribution < 1.29 is 4.79 Å². The van der Waals surface area contributed by atoms with Crippen molar-refractivity contribution >= 4 is 17.2 Å². The zero-order valence-corrected chi connectivity index (χ0v) is 13.1. The van der Waals surface area contributed by atoms with Crippen LogP contribution in [0.15, 0.2) is 42.7 Å². The molecule has 0 spiro atoms. The summed E-state index contributed by atoms with van der Waals surface area (Å²) in [6, 6.07) is 10.1. The third-order valence-corrected chi connectivity index (χ3v) is 3.74. The van der Waals surface area contributed by atoms with Crippen LogP contribution in [0.25, 0.3) is 16.9 Å². The van der Waals surface area contributed by atoms with Crippen molar-refractivity contribution in [1.29, 1.82) is 0 Å². The van der Waals surface area contributed by atoms with Crippen molar-refractivity contribution in [2.45, 2.75) is 27.2 Å². The van der Waals surface area contributed by atoms with Gasteiger partial charge >= 0.3 is 0 Å². The first-order chi connectivity index (χ1) is 10.6. The number of aryl methyl sites for hydroxylation is 2. The molecule has 0 bridgehead atoms. The second-order valence-electron chi connectivity index (χ2n) is 5.53. The van der Waals surface area contributed by atoms with E-state index in [0.717, 1.165) is 28.2 Å². The Bertz CT molecular complexity index is 849. The molecule has 22 heavy (non-hydrogen) atoms. The van der Waals surface area contributed by atoms with E-state index in [1.807, 2.05) is 48.8 Å². The van der Waals surface area contributed by atoms with Gasteiger partial charge < -0.3 is 9.72 Å². The van der Waals surface area contributed by atoms with Gasteiger partial charge in [0.2, 0.25) is 5.91 Å². The molecular formula is C18H19N3O. The summed E-state index contributed by atoms with van der Waals surface area (Å²) in [5.74, 6) is 0.0193. The van der Waals surface area contributed by atoms with E-state index in [0.29, 0.717) is 6.42 Å². The number of pyridine rings is 1. The van der Waals surface area contributed by atoms with Gasteiger partial charge in [0.15, 0.2) is 0 Å². The Labute approximate surface area is 129 Å². The summed E-state index contributed by atoms with van der Waals surface area (Å²) in [5, 5.41) is 2.94. The van der Waals surface area contributed by atoms with Crippen LogP contribution in [0.3, 0.4) is 0 Å². The fourth-order valence-corrected chi connectivity index (χ4v) is 2.38. The number of nitrogens with zero attached hydrogens (tertiary/aromatic N) is 2. The van der Waals surface area contributed by atoms with Gasteiger partial charge in [0, 0.05) is 30.1 Å². The van der Waals surface area contributed by atoms with Gasteiger partial charge in [-0.2, -0.15) is 0 Å². The van der Waals surface area contributed by atoms with E-state index in [1.54, 1.807) is 0 Å². The van der Waals surface area contributed by atoms with Crippen LogP contribution in [0, 0.1) is 13.8 Å². The topological polar surface area (TPSA) is 46.4 Å². The number of rotatable bonds is 3. The van der Waals surface area contributed by atoms with E-state index < -0.39 is 0 Å². The predicted molar refractivity (Wildman–Crippen MR) is 89.0 cm³/mol. The van der Waals surface area contributed by atoms with Gasteiger partial charge in [-0.15, -0.1) is 0 Å². The molecule has 0 aliphatic rings. The van der Waals surface area contributed by atoms with Crippen LogP contribution in [-0.2, 0) is 4.79 Å². The number of benzene rings is 1. The number of hydrogen-bond donors (Lipinski definition) is 1. The van der Waals surface area contributed by atoms with Crippen molar-refractivity contribution in [1.82, 2.24) is 9.38 Å². The lowest BCUT2D eigenvalue weighted by atomic mass is 10.1. The summed E-state index contributed by atoms with van der Waals surface area (Å²) in [6.07, 6.45) is 4.48. The zero-order chi connectivity index (χ0) is 15.7. The smallest absolute Gasteiger partial charge is 0.224 e. The van der Waals surface area contributed by atoms with E-state index in [1.165, 1.54) is 5.56 Å². The van der Waals surface area contributed by atoms with Crippen molar-refractivity contribution in [2.75, 3.05) is 5.32 Å². The molecule has 0 fully saturated rings. The number of nitrogens with one attached hydrogen (secondary N) is 1. The third kappa shape index (κ3) is 2.72. The molecule has 4 nitrogen and oxygen atoms in total. The van der Waals surface area contributed by atoms with Crippen molar-refractivity contribution in [2.24, 2.45) is 0 Å². The van der Waals surface area contributed by atoms with Crippen LogP contribution < -0.4 is 5.32 Å². The molecule has 4 heteroatoms. The lowest BCUT2D eigenvalue weighted by Gasteiger charge is -2.09. The largest absolute Gasteiger partial charge is 0.326 e.